The van der Waals surface area contributed by atoms with Crippen LogP contribution in [0, 0.1) is 0 Å². The van der Waals surface area contributed by atoms with Crippen LogP contribution in [0.5, 0.6) is 0 Å². The summed E-state index contributed by atoms with van der Waals surface area (Å²) in [4.78, 5) is 0. The molecule has 1 heteroatoms. The van der Waals surface area contributed by atoms with Crippen LogP contribution < -0.4 is 5.32 Å². The van der Waals surface area contributed by atoms with Crippen LogP contribution >= 0.6 is 0 Å². The van der Waals surface area contributed by atoms with Crippen molar-refractivity contribution in [2.45, 2.75) is 12.8 Å². The van der Waals surface area contributed by atoms with Gasteiger partial charge >= 0.3 is 0 Å². The number of hydrogen-bond acceptors (Lipinski definition) is 1. The molecule has 0 spiro atoms. The Morgan fingerprint density at radius 2 is 2.22 bits per heavy atom. The van der Waals surface area contributed by atoms with Gasteiger partial charge in [-0.2, -0.15) is 0 Å². The fourth-order valence-corrected chi connectivity index (χ4v) is 1.12. The zero-order chi connectivity index (χ0) is 6.10. The first-order valence-corrected chi connectivity index (χ1v) is 3.28. The Kier molecular flexibility index (Phi) is 0.950. The Balaban J connectivity index is 2.32. The zero-order valence-electron chi connectivity index (χ0n) is 5.22. The number of rotatable bonds is 0. The molecular weight excluding hydrogens is 110 g/mol. The van der Waals surface area contributed by atoms with E-state index in [-0.39, 0.29) is 0 Å². The number of hydrogen-bond donors (Lipinski definition) is 1. The third-order valence-electron chi connectivity index (χ3n) is 1.79. The molecule has 1 heterocycles. The summed E-state index contributed by atoms with van der Waals surface area (Å²) in [5, 5.41) is 3.22. The predicted octanol–water partition coefficient (Wildman–Crippen LogP) is 1.71. The van der Waals surface area contributed by atoms with E-state index in [1.807, 2.05) is 12.3 Å². The van der Waals surface area contributed by atoms with Crippen LogP contribution in [0.4, 0.5) is 0 Å². The van der Waals surface area contributed by atoms with Crippen molar-refractivity contribution in [2.24, 2.45) is 0 Å². The molecule has 2 aliphatic rings. The second kappa shape index (κ2) is 1.76. The molecule has 46 valence electrons. The lowest BCUT2D eigenvalue weighted by molar-refractivity contribution is 0.758. The highest BCUT2D eigenvalue weighted by atomic mass is 14.9. The summed E-state index contributed by atoms with van der Waals surface area (Å²) in [6, 6.07) is 0. The normalized spacial score (nSPS) is 22.2. The maximum atomic E-state index is 3.22. The molecular formula is C8H9N. The lowest BCUT2D eigenvalue weighted by atomic mass is 9.94. The molecule has 0 saturated heterocycles. The molecule has 1 aliphatic carbocycles. The van der Waals surface area contributed by atoms with Crippen molar-refractivity contribution in [2.75, 3.05) is 0 Å². The lowest BCUT2D eigenvalue weighted by Gasteiger charge is -2.19. The first-order chi connectivity index (χ1) is 4.47. The molecule has 0 aromatic carbocycles. The molecule has 0 unspecified atom stereocenters. The van der Waals surface area contributed by atoms with Gasteiger partial charge in [-0.1, -0.05) is 12.2 Å². The van der Waals surface area contributed by atoms with Crippen LogP contribution in [-0.4, -0.2) is 0 Å². The average Bonchev–Trinajstić information content (AvgIpc) is 1.94. The van der Waals surface area contributed by atoms with Crippen molar-refractivity contribution < 1.29 is 0 Å². The van der Waals surface area contributed by atoms with E-state index in [0.29, 0.717) is 0 Å². The fraction of sp³-hybridized carbons (Fsp3) is 0.250. The molecule has 0 atom stereocenters. The predicted molar refractivity (Wildman–Crippen MR) is 37.7 cm³/mol. The Bertz CT molecular complexity index is 209. The Morgan fingerprint density at radius 3 is 3.00 bits per heavy atom. The molecule has 0 aromatic rings. The third-order valence-corrected chi connectivity index (χ3v) is 1.79. The zero-order valence-corrected chi connectivity index (χ0v) is 5.22. The van der Waals surface area contributed by atoms with E-state index in [2.05, 4.69) is 17.5 Å². The van der Waals surface area contributed by atoms with Crippen molar-refractivity contribution in [3.8, 4) is 0 Å². The second-order valence-corrected chi connectivity index (χ2v) is 2.37. The van der Waals surface area contributed by atoms with Crippen molar-refractivity contribution in [1.29, 1.82) is 0 Å². The van der Waals surface area contributed by atoms with Gasteiger partial charge in [0.05, 0.1) is 0 Å². The third kappa shape index (κ3) is 0.689. The summed E-state index contributed by atoms with van der Waals surface area (Å²) < 4.78 is 0. The smallest absolute Gasteiger partial charge is 0.0182 e. The van der Waals surface area contributed by atoms with Gasteiger partial charge in [0.15, 0.2) is 0 Å². The van der Waals surface area contributed by atoms with Gasteiger partial charge in [0.2, 0.25) is 0 Å². The molecule has 0 fully saturated rings. The Labute approximate surface area is 54.8 Å². The molecule has 2 rings (SSSR count). The summed E-state index contributed by atoms with van der Waals surface area (Å²) in [7, 11) is 0. The highest BCUT2D eigenvalue weighted by molar-refractivity contribution is 5.37. The molecule has 1 N–H and O–H groups in total. The van der Waals surface area contributed by atoms with Crippen LogP contribution in [0.3, 0.4) is 0 Å². The number of allylic oxidation sites excluding steroid dienone is 5. The van der Waals surface area contributed by atoms with Crippen LogP contribution in [0.1, 0.15) is 12.8 Å². The molecule has 0 saturated carbocycles. The van der Waals surface area contributed by atoms with E-state index < -0.39 is 0 Å². The van der Waals surface area contributed by atoms with Crippen LogP contribution in [-0.2, 0) is 0 Å². The molecule has 0 aromatic heterocycles. The van der Waals surface area contributed by atoms with Crippen molar-refractivity contribution in [3.63, 3.8) is 0 Å². The summed E-state index contributed by atoms with van der Waals surface area (Å²) in [5.41, 5.74) is 2.88. The first-order valence-electron chi connectivity index (χ1n) is 3.28. The van der Waals surface area contributed by atoms with Crippen LogP contribution in [0.15, 0.2) is 35.7 Å². The maximum Gasteiger partial charge on any atom is 0.0182 e. The fourth-order valence-electron chi connectivity index (χ4n) is 1.12. The van der Waals surface area contributed by atoms with Gasteiger partial charge in [0.1, 0.15) is 0 Å². The molecule has 0 bridgehead atoms. The summed E-state index contributed by atoms with van der Waals surface area (Å²) >= 11 is 0. The summed E-state index contributed by atoms with van der Waals surface area (Å²) in [6.07, 6.45) is 10.7. The minimum Gasteiger partial charge on any atom is -0.365 e. The van der Waals surface area contributed by atoms with Gasteiger partial charge in [-0.05, 0) is 24.5 Å². The van der Waals surface area contributed by atoms with Gasteiger partial charge in [-0.15, -0.1) is 0 Å². The van der Waals surface area contributed by atoms with Crippen LogP contribution in [0.2, 0.25) is 0 Å². The van der Waals surface area contributed by atoms with Gasteiger partial charge in [0.25, 0.3) is 0 Å². The molecule has 1 aliphatic heterocycles. The van der Waals surface area contributed by atoms with E-state index in [4.69, 9.17) is 0 Å². The van der Waals surface area contributed by atoms with Crippen molar-refractivity contribution >= 4 is 0 Å². The Morgan fingerprint density at radius 1 is 1.22 bits per heavy atom. The summed E-state index contributed by atoms with van der Waals surface area (Å²) in [5.74, 6) is 0. The Hall–Kier alpha value is -0.980. The van der Waals surface area contributed by atoms with Crippen molar-refractivity contribution in [1.82, 2.24) is 5.32 Å². The monoisotopic (exact) mass is 119 g/mol. The SMILES string of the molecule is C1=CNC2=C(C=C1)CC2. The minimum absolute atomic E-state index is 1.23. The van der Waals surface area contributed by atoms with E-state index in [1.54, 1.807) is 0 Å². The second-order valence-electron chi connectivity index (χ2n) is 2.37. The van der Waals surface area contributed by atoms with Gasteiger partial charge in [-0.25, -0.2) is 0 Å². The standard InChI is InChI=1S/C8H9N/c1-2-6-9-8-5-4-7(8)3-1/h1-3,6,9H,4-5H2. The minimum atomic E-state index is 1.23. The first kappa shape index (κ1) is 4.86. The lowest BCUT2D eigenvalue weighted by Crippen LogP contribution is -2.13. The van der Waals surface area contributed by atoms with Crippen molar-refractivity contribution in [3.05, 3.63) is 35.7 Å². The van der Waals surface area contributed by atoms with E-state index >= 15 is 0 Å². The van der Waals surface area contributed by atoms with E-state index in [9.17, 15) is 0 Å². The maximum absolute atomic E-state index is 3.22. The average molecular weight is 119 g/mol. The van der Waals surface area contributed by atoms with Gasteiger partial charge < -0.3 is 5.32 Å². The largest absolute Gasteiger partial charge is 0.365 e. The summed E-state index contributed by atoms with van der Waals surface area (Å²) in [6.45, 7) is 0. The quantitative estimate of drug-likeness (QED) is 0.512. The highest BCUT2D eigenvalue weighted by Crippen LogP contribution is 2.27. The van der Waals surface area contributed by atoms with E-state index in [1.165, 1.54) is 24.1 Å². The topological polar surface area (TPSA) is 12.0 Å². The highest BCUT2D eigenvalue weighted by Gasteiger charge is 2.13. The molecule has 0 radical (unpaired) electrons. The van der Waals surface area contributed by atoms with Gasteiger partial charge in [-0.3, -0.25) is 0 Å². The van der Waals surface area contributed by atoms with Gasteiger partial charge in [0, 0.05) is 11.9 Å². The van der Waals surface area contributed by atoms with E-state index in [0.717, 1.165) is 0 Å². The molecule has 1 nitrogen and oxygen atoms in total. The van der Waals surface area contributed by atoms with Crippen LogP contribution in [0.25, 0.3) is 0 Å². The molecule has 9 heavy (non-hydrogen) atoms. The molecule has 0 amide bonds. The number of nitrogens with one attached hydrogen (secondary N) is 1.